The Balaban J connectivity index is 1.41. The summed E-state index contributed by atoms with van der Waals surface area (Å²) in [7, 11) is -4.02. The van der Waals surface area contributed by atoms with Crippen LogP contribution in [-0.2, 0) is 14.8 Å². The highest BCUT2D eigenvalue weighted by Gasteiger charge is 2.41. The van der Waals surface area contributed by atoms with Crippen LogP contribution in [0.2, 0.25) is 0 Å². The number of sulfonamides is 1. The molecule has 1 fully saturated rings. The van der Waals surface area contributed by atoms with Crippen molar-refractivity contribution >= 4 is 27.5 Å². The molecule has 0 aromatic heterocycles. The summed E-state index contributed by atoms with van der Waals surface area (Å²) in [5, 5.41) is 11.3. The molecule has 0 bridgehead atoms. The van der Waals surface area contributed by atoms with Crippen LogP contribution in [0.4, 0.5) is 16.2 Å². The van der Waals surface area contributed by atoms with Gasteiger partial charge in [-0.25, -0.2) is 17.9 Å². The normalized spacial score (nSPS) is 21.4. The number of hydrogen-bond donors (Lipinski definition) is 3. The Morgan fingerprint density at radius 2 is 1.57 bits per heavy atom. The van der Waals surface area contributed by atoms with Gasteiger partial charge in [0.1, 0.15) is 5.75 Å². The molecule has 1 saturated heterocycles. The molecule has 182 valence electrons. The van der Waals surface area contributed by atoms with E-state index in [9.17, 15) is 18.3 Å². The van der Waals surface area contributed by atoms with Crippen molar-refractivity contribution in [3.8, 4) is 17.2 Å². The molecule has 2 aliphatic heterocycles. The van der Waals surface area contributed by atoms with Gasteiger partial charge >= 0.3 is 6.09 Å². The monoisotopic (exact) mass is 497 g/mol. The third-order valence-electron chi connectivity index (χ3n) is 5.85. The Bertz CT molecular complexity index is 1300. The number of benzene rings is 3. The summed E-state index contributed by atoms with van der Waals surface area (Å²) in [5.41, 5.74) is 6.46. The van der Waals surface area contributed by atoms with Crippen molar-refractivity contribution in [1.29, 1.82) is 0 Å². The van der Waals surface area contributed by atoms with Crippen molar-refractivity contribution in [2.24, 2.45) is 5.73 Å². The number of para-hydroxylation sites is 4. The van der Waals surface area contributed by atoms with E-state index < -0.39 is 34.3 Å². The molecule has 2 aliphatic rings. The van der Waals surface area contributed by atoms with Crippen molar-refractivity contribution in [3.63, 3.8) is 0 Å². The number of fused-ring (bicyclic) bond motifs is 2. The van der Waals surface area contributed by atoms with Crippen molar-refractivity contribution < 1.29 is 32.5 Å². The maximum absolute atomic E-state index is 13.0. The van der Waals surface area contributed by atoms with E-state index in [1.165, 1.54) is 24.3 Å². The number of nitrogens with zero attached hydrogens (tertiary/aromatic N) is 1. The molecule has 2 heterocycles. The Morgan fingerprint density at radius 1 is 0.971 bits per heavy atom. The quantitative estimate of drug-likeness (QED) is 0.488. The fourth-order valence-electron chi connectivity index (χ4n) is 4.27. The van der Waals surface area contributed by atoms with Crippen molar-refractivity contribution in [1.82, 2.24) is 4.72 Å². The van der Waals surface area contributed by atoms with Crippen LogP contribution in [0.1, 0.15) is 0 Å². The largest absolute Gasteiger partial charge is 0.453 e. The first kappa shape index (κ1) is 23.1. The molecule has 35 heavy (non-hydrogen) atoms. The van der Waals surface area contributed by atoms with Crippen LogP contribution in [0.25, 0.3) is 0 Å². The second-order valence-corrected chi connectivity index (χ2v) is 9.84. The Kier molecular flexibility index (Phi) is 6.07. The molecule has 3 aromatic carbocycles. The predicted molar refractivity (Wildman–Crippen MR) is 126 cm³/mol. The number of nitrogens with one attached hydrogen (secondary N) is 1. The summed E-state index contributed by atoms with van der Waals surface area (Å²) < 4.78 is 45.1. The van der Waals surface area contributed by atoms with E-state index in [0.29, 0.717) is 11.5 Å². The minimum Gasteiger partial charge on any atom is -0.453 e. The Morgan fingerprint density at radius 3 is 2.17 bits per heavy atom. The number of aliphatic hydroxyl groups excluding tert-OH is 1. The van der Waals surface area contributed by atoms with Crippen LogP contribution < -0.4 is 24.8 Å². The standard InChI is InChI=1S/C24H23N3O7S/c25-24(29)33-15-9-11-16(12-10-15)35(30,31)26-17-13-32-14-20(23(17)28)27-18-5-1-3-7-21(18)34-22-8-4-2-6-19(22)27/h1-12,17,20,23,26,28H,13-14H2,(H2,25,29). The van der Waals surface area contributed by atoms with Gasteiger partial charge in [-0.05, 0) is 48.5 Å². The van der Waals surface area contributed by atoms with Gasteiger partial charge in [-0.2, -0.15) is 0 Å². The average Bonchev–Trinajstić information content (AvgIpc) is 2.84. The molecule has 1 amide bonds. The van der Waals surface area contributed by atoms with E-state index in [1.807, 2.05) is 53.4 Å². The topological polar surface area (TPSA) is 140 Å². The molecule has 5 rings (SSSR count). The van der Waals surface area contributed by atoms with E-state index in [4.69, 9.17) is 19.9 Å². The lowest BCUT2D eigenvalue weighted by Gasteiger charge is -2.44. The lowest BCUT2D eigenvalue weighted by molar-refractivity contribution is -0.0244. The highest BCUT2D eigenvalue weighted by molar-refractivity contribution is 7.89. The van der Waals surface area contributed by atoms with Crippen molar-refractivity contribution in [2.45, 2.75) is 23.1 Å². The van der Waals surface area contributed by atoms with Crippen LogP contribution in [0, 0.1) is 0 Å². The molecule has 10 nitrogen and oxygen atoms in total. The van der Waals surface area contributed by atoms with Gasteiger partial charge in [0.25, 0.3) is 0 Å². The number of nitrogens with two attached hydrogens (primary N) is 1. The highest BCUT2D eigenvalue weighted by Crippen LogP contribution is 2.48. The zero-order valence-electron chi connectivity index (χ0n) is 18.4. The van der Waals surface area contributed by atoms with Gasteiger partial charge in [-0.3, -0.25) is 0 Å². The Labute approximate surface area is 201 Å². The number of hydrogen-bond acceptors (Lipinski definition) is 8. The third-order valence-corrected chi connectivity index (χ3v) is 7.36. The minimum atomic E-state index is -4.02. The van der Waals surface area contributed by atoms with Gasteiger partial charge in [0, 0.05) is 0 Å². The predicted octanol–water partition coefficient (Wildman–Crippen LogP) is 2.49. The second-order valence-electron chi connectivity index (χ2n) is 8.12. The number of ether oxygens (including phenoxy) is 3. The number of aliphatic hydroxyl groups is 1. The lowest BCUT2D eigenvalue weighted by Crippen LogP contribution is -2.60. The third kappa shape index (κ3) is 4.54. The van der Waals surface area contributed by atoms with Crippen molar-refractivity contribution in [3.05, 3.63) is 72.8 Å². The average molecular weight is 498 g/mol. The molecule has 4 N–H and O–H groups in total. The van der Waals surface area contributed by atoms with Crippen LogP contribution >= 0.6 is 0 Å². The van der Waals surface area contributed by atoms with Gasteiger partial charge in [0.2, 0.25) is 10.0 Å². The van der Waals surface area contributed by atoms with Gasteiger partial charge in [0.15, 0.2) is 11.5 Å². The van der Waals surface area contributed by atoms with Gasteiger partial charge < -0.3 is 30.0 Å². The molecule has 0 spiro atoms. The zero-order chi connectivity index (χ0) is 24.6. The summed E-state index contributed by atoms with van der Waals surface area (Å²) in [5.74, 6) is 1.36. The summed E-state index contributed by atoms with van der Waals surface area (Å²) in [4.78, 5) is 12.7. The summed E-state index contributed by atoms with van der Waals surface area (Å²) in [6.45, 7) is 0.175. The van der Waals surface area contributed by atoms with Gasteiger partial charge in [-0.15, -0.1) is 0 Å². The van der Waals surface area contributed by atoms with Crippen molar-refractivity contribution in [2.75, 3.05) is 18.1 Å². The summed E-state index contributed by atoms with van der Waals surface area (Å²) in [6.07, 6.45) is -2.10. The molecule has 0 aliphatic carbocycles. The summed E-state index contributed by atoms with van der Waals surface area (Å²) in [6, 6.07) is 18.6. The first-order chi connectivity index (χ1) is 16.8. The van der Waals surface area contributed by atoms with E-state index in [0.717, 1.165) is 11.4 Å². The smallest absolute Gasteiger partial charge is 0.409 e. The second kappa shape index (κ2) is 9.19. The molecule has 0 saturated carbocycles. The number of primary amides is 1. The fourth-order valence-corrected chi connectivity index (χ4v) is 5.51. The molecule has 3 aromatic rings. The number of amides is 1. The first-order valence-corrected chi connectivity index (χ1v) is 12.3. The van der Waals surface area contributed by atoms with E-state index in [1.54, 1.807) is 0 Å². The van der Waals surface area contributed by atoms with Crippen LogP contribution in [0.3, 0.4) is 0 Å². The highest BCUT2D eigenvalue weighted by atomic mass is 32.2. The molecule has 11 heteroatoms. The molecular formula is C24H23N3O7S. The van der Waals surface area contributed by atoms with Gasteiger partial charge in [0.05, 0.1) is 47.7 Å². The lowest BCUT2D eigenvalue weighted by atomic mass is 9.98. The number of anilines is 2. The van der Waals surface area contributed by atoms with E-state index in [2.05, 4.69) is 4.72 Å². The van der Waals surface area contributed by atoms with Gasteiger partial charge in [-0.1, -0.05) is 24.3 Å². The molecular weight excluding hydrogens is 474 g/mol. The number of rotatable bonds is 5. The van der Waals surface area contributed by atoms with Crippen LogP contribution in [0.15, 0.2) is 77.7 Å². The Hall–Kier alpha value is -3.64. The first-order valence-electron chi connectivity index (χ1n) is 10.8. The minimum absolute atomic E-state index is 0.00655. The van der Waals surface area contributed by atoms with Crippen LogP contribution in [0.5, 0.6) is 17.2 Å². The van der Waals surface area contributed by atoms with Crippen LogP contribution in [-0.4, -0.2) is 51.0 Å². The zero-order valence-corrected chi connectivity index (χ0v) is 19.2. The van der Waals surface area contributed by atoms with E-state index in [-0.39, 0.29) is 23.9 Å². The molecule has 3 atom stereocenters. The maximum Gasteiger partial charge on any atom is 0.409 e. The number of carbonyl (C=O) groups is 1. The maximum atomic E-state index is 13.0. The summed E-state index contributed by atoms with van der Waals surface area (Å²) >= 11 is 0. The fraction of sp³-hybridized carbons (Fsp3) is 0.208. The number of carbonyl (C=O) groups excluding carboxylic acids is 1. The van der Waals surface area contributed by atoms with E-state index >= 15 is 0 Å². The molecule has 0 radical (unpaired) electrons. The molecule has 3 unspecified atom stereocenters. The SMILES string of the molecule is NC(=O)Oc1ccc(S(=O)(=O)NC2COCC(N3c4ccccc4Oc4ccccc43)C2O)cc1.